The molecule has 24 heavy (non-hydrogen) atoms. The average molecular weight is 337 g/mol. The second-order valence-corrected chi connectivity index (χ2v) is 5.89. The number of pyridine rings is 1. The van der Waals surface area contributed by atoms with Gasteiger partial charge in [0, 0.05) is 24.0 Å². The Kier molecular flexibility index (Phi) is 4.92. The van der Waals surface area contributed by atoms with Gasteiger partial charge >= 0.3 is 0 Å². The zero-order chi connectivity index (χ0) is 16.9. The number of halogens is 1. The molecule has 0 aliphatic rings. The van der Waals surface area contributed by atoms with Crippen molar-refractivity contribution in [3.63, 3.8) is 0 Å². The molecule has 2 aromatic carbocycles. The highest BCUT2D eigenvalue weighted by Gasteiger charge is 2.15. The molecule has 1 amide bonds. The monoisotopic (exact) mass is 336 g/mol. The summed E-state index contributed by atoms with van der Waals surface area (Å²) in [4.78, 5) is 18.9. The van der Waals surface area contributed by atoms with Crippen LogP contribution >= 0.6 is 11.6 Å². The first kappa shape index (κ1) is 16.2. The Balaban J connectivity index is 1.89. The van der Waals surface area contributed by atoms with E-state index in [1.165, 1.54) is 0 Å². The second kappa shape index (κ2) is 7.28. The number of amides is 1. The van der Waals surface area contributed by atoms with E-state index in [0.717, 1.165) is 16.5 Å². The minimum absolute atomic E-state index is 0.0318. The smallest absolute Gasteiger partial charge is 0.254 e. The van der Waals surface area contributed by atoms with Crippen LogP contribution in [0.1, 0.15) is 15.9 Å². The third-order valence-electron chi connectivity index (χ3n) is 3.76. The van der Waals surface area contributed by atoms with E-state index in [0.29, 0.717) is 23.8 Å². The van der Waals surface area contributed by atoms with Crippen molar-refractivity contribution in [1.29, 1.82) is 0 Å². The van der Waals surface area contributed by atoms with E-state index in [1.807, 2.05) is 48.5 Å². The molecule has 0 aliphatic heterocycles. The molecule has 0 radical (unpaired) electrons. The molecule has 0 N–H and O–H groups in total. The molecule has 1 heterocycles. The van der Waals surface area contributed by atoms with Crippen molar-refractivity contribution in [2.45, 2.75) is 6.54 Å². The van der Waals surface area contributed by atoms with Crippen LogP contribution in [-0.2, 0) is 6.54 Å². The lowest BCUT2D eigenvalue weighted by atomic mass is 10.1. The predicted octanol–water partition coefficient (Wildman–Crippen LogP) is 4.72. The van der Waals surface area contributed by atoms with E-state index >= 15 is 0 Å². The summed E-state index contributed by atoms with van der Waals surface area (Å²) in [5.41, 5.74) is 2.49. The van der Waals surface area contributed by atoms with Gasteiger partial charge in [-0.25, -0.2) is 4.98 Å². The number of rotatable bonds is 5. The van der Waals surface area contributed by atoms with E-state index in [1.54, 1.807) is 23.1 Å². The van der Waals surface area contributed by atoms with E-state index < -0.39 is 0 Å². The Morgan fingerprint density at radius 1 is 1.12 bits per heavy atom. The molecule has 1 aromatic heterocycles. The molecule has 0 aliphatic carbocycles. The summed E-state index contributed by atoms with van der Waals surface area (Å²) in [5.74, 6) is -0.0318. The van der Waals surface area contributed by atoms with Gasteiger partial charge < -0.3 is 4.90 Å². The van der Waals surface area contributed by atoms with Gasteiger partial charge in [0.2, 0.25) is 0 Å². The van der Waals surface area contributed by atoms with Crippen molar-refractivity contribution >= 4 is 28.4 Å². The Hall–Kier alpha value is -2.65. The minimum atomic E-state index is -0.0318. The van der Waals surface area contributed by atoms with E-state index in [9.17, 15) is 4.79 Å². The minimum Gasteiger partial charge on any atom is -0.331 e. The maximum Gasteiger partial charge on any atom is 0.254 e. The molecule has 120 valence electrons. The fraction of sp³-hybridized carbons (Fsp3) is 0.100. The maximum absolute atomic E-state index is 12.9. The molecule has 0 saturated carbocycles. The molecule has 0 fully saturated rings. The van der Waals surface area contributed by atoms with Crippen LogP contribution in [0.5, 0.6) is 0 Å². The fourth-order valence-corrected chi connectivity index (χ4v) is 2.75. The van der Waals surface area contributed by atoms with Crippen LogP contribution in [0, 0.1) is 0 Å². The molecular weight excluding hydrogens is 320 g/mol. The molecule has 3 rings (SSSR count). The molecule has 0 saturated heterocycles. The Bertz CT molecular complexity index is 877. The maximum atomic E-state index is 12.9. The lowest BCUT2D eigenvalue weighted by molar-refractivity contribution is 0.0763. The van der Waals surface area contributed by atoms with Crippen molar-refractivity contribution in [3.05, 3.63) is 89.6 Å². The predicted molar refractivity (Wildman–Crippen MR) is 98.1 cm³/mol. The highest BCUT2D eigenvalue weighted by Crippen LogP contribution is 2.19. The summed E-state index contributed by atoms with van der Waals surface area (Å²) < 4.78 is 0. The third-order valence-corrected chi connectivity index (χ3v) is 3.97. The zero-order valence-corrected chi connectivity index (χ0v) is 13.9. The zero-order valence-electron chi connectivity index (χ0n) is 13.2. The van der Waals surface area contributed by atoms with Crippen LogP contribution in [0.15, 0.2) is 73.3 Å². The Labute approximate surface area is 146 Å². The van der Waals surface area contributed by atoms with Gasteiger partial charge in [0.25, 0.3) is 5.91 Å². The number of carbonyl (C=O) groups excluding carboxylic acids is 1. The summed E-state index contributed by atoms with van der Waals surface area (Å²) in [6.07, 6.45) is 1.74. The highest BCUT2D eigenvalue weighted by atomic mass is 35.5. The number of benzene rings is 2. The Morgan fingerprint density at radius 3 is 2.67 bits per heavy atom. The number of carbonyl (C=O) groups is 1. The summed E-state index contributed by atoms with van der Waals surface area (Å²) >= 11 is 5.91. The molecule has 3 aromatic rings. The largest absolute Gasteiger partial charge is 0.331 e. The van der Waals surface area contributed by atoms with Crippen LogP contribution in [0.3, 0.4) is 0 Å². The lowest BCUT2D eigenvalue weighted by Crippen LogP contribution is -2.30. The summed E-state index contributed by atoms with van der Waals surface area (Å²) in [6.45, 7) is 4.79. The van der Waals surface area contributed by atoms with Crippen LogP contribution in [0.2, 0.25) is 5.15 Å². The molecular formula is C20H17ClN2O. The topological polar surface area (TPSA) is 33.2 Å². The van der Waals surface area contributed by atoms with Crippen molar-refractivity contribution < 1.29 is 4.79 Å². The van der Waals surface area contributed by atoms with Crippen molar-refractivity contribution in [3.8, 4) is 0 Å². The first-order chi connectivity index (χ1) is 11.7. The van der Waals surface area contributed by atoms with Crippen molar-refractivity contribution in [2.24, 2.45) is 0 Å². The van der Waals surface area contributed by atoms with Crippen molar-refractivity contribution in [2.75, 3.05) is 6.54 Å². The highest BCUT2D eigenvalue weighted by molar-refractivity contribution is 6.29. The summed E-state index contributed by atoms with van der Waals surface area (Å²) in [5, 5.41) is 1.34. The molecule has 4 heteroatoms. The van der Waals surface area contributed by atoms with Crippen LogP contribution in [-0.4, -0.2) is 22.3 Å². The van der Waals surface area contributed by atoms with E-state index in [4.69, 9.17) is 11.6 Å². The van der Waals surface area contributed by atoms with Gasteiger partial charge in [-0.15, -0.1) is 6.58 Å². The number of hydrogen-bond acceptors (Lipinski definition) is 2. The molecule has 0 spiro atoms. The Morgan fingerprint density at radius 2 is 1.92 bits per heavy atom. The average Bonchev–Trinajstić information content (AvgIpc) is 2.61. The van der Waals surface area contributed by atoms with E-state index in [-0.39, 0.29) is 5.91 Å². The lowest BCUT2D eigenvalue weighted by Gasteiger charge is -2.21. The van der Waals surface area contributed by atoms with Crippen LogP contribution < -0.4 is 0 Å². The second-order valence-electron chi connectivity index (χ2n) is 5.50. The molecule has 0 atom stereocenters. The fourth-order valence-electron chi connectivity index (χ4n) is 2.60. The number of nitrogens with zero attached hydrogens (tertiary/aromatic N) is 2. The first-order valence-electron chi connectivity index (χ1n) is 7.68. The SMILES string of the molecule is C=CCN(Cc1ccccc1)C(=O)c1ccc2nc(Cl)ccc2c1. The van der Waals surface area contributed by atoms with Gasteiger partial charge in [0.05, 0.1) is 5.52 Å². The van der Waals surface area contributed by atoms with Gasteiger partial charge in [0.15, 0.2) is 0 Å². The first-order valence-corrected chi connectivity index (χ1v) is 8.05. The normalized spacial score (nSPS) is 10.5. The summed E-state index contributed by atoms with van der Waals surface area (Å²) in [6, 6.07) is 19.0. The van der Waals surface area contributed by atoms with Gasteiger partial charge in [-0.2, -0.15) is 0 Å². The molecule has 0 bridgehead atoms. The number of hydrogen-bond donors (Lipinski definition) is 0. The van der Waals surface area contributed by atoms with Gasteiger partial charge in [0.1, 0.15) is 5.15 Å². The van der Waals surface area contributed by atoms with Gasteiger partial charge in [-0.3, -0.25) is 4.79 Å². The van der Waals surface area contributed by atoms with Crippen molar-refractivity contribution in [1.82, 2.24) is 9.88 Å². The molecule has 3 nitrogen and oxygen atoms in total. The van der Waals surface area contributed by atoms with E-state index in [2.05, 4.69) is 11.6 Å². The standard InChI is InChI=1S/C20H17ClN2O/c1-2-12-23(14-15-6-4-3-5-7-15)20(24)17-8-10-18-16(13-17)9-11-19(21)22-18/h2-11,13H,1,12,14H2. The van der Waals surface area contributed by atoms with Gasteiger partial charge in [-0.1, -0.05) is 48.0 Å². The third kappa shape index (κ3) is 3.63. The van der Waals surface area contributed by atoms with Gasteiger partial charge in [-0.05, 0) is 35.9 Å². The molecule has 0 unspecified atom stereocenters. The number of aromatic nitrogens is 1. The summed E-state index contributed by atoms with van der Waals surface area (Å²) in [7, 11) is 0. The van der Waals surface area contributed by atoms with Crippen LogP contribution in [0.4, 0.5) is 0 Å². The van der Waals surface area contributed by atoms with Crippen LogP contribution in [0.25, 0.3) is 10.9 Å². The number of fused-ring (bicyclic) bond motifs is 1. The quantitative estimate of drug-likeness (QED) is 0.499.